The highest BCUT2D eigenvalue weighted by Crippen LogP contribution is 2.09. The van der Waals surface area contributed by atoms with Crippen molar-refractivity contribution in [1.82, 2.24) is 10.2 Å². The van der Waals surface area contributed by atoms with Crippen LogP contribution in [0.1, 0.15) is 33.6 Å². The molecule has 6 heteroatoms. The summed E-state index contributed by atoms with van der Waals surface area (Å²) < 4.78 is 5.48. The van der Waals surface area contributed by atoms with Crippen LogP contribution in [0, 0.1) is 5.92 Å². The van der Waals surface area contributed by atoms with Gasteiger partial charge in [-0.15, -0.1) is 0 Å². The third kappa shape index (κ3) is 5.46. The SMILES string of the molecule is CC1CN(C(=O)NC(CC(=O)O)C(C)C)CCCO1. The van der Waals surface area contributed by atoms with Crippen molar-refractivity contribution in [1.29, 1.82) is 0 Å². The van der Waals surface area contributed by atoms with Crippen LogP contribution in [-0.4, -0.2) is 53.8 Å². The van der Waals surface area contributed by atoms with E-state index < -0.39 is 5.97 Å². The molecule has 0 saturated carbocycles. The van der Waals surface area contributed by atoms with Crippen molar-refractivity contribution >= 4 is 12.0 Å². The van der Waals surface area contributed by atoms with E-state index in [1.165, 1.54) is 0 Å². The molecule has 2 atom stereocenters. The van der Waals surface area contributed by atoms with Gasteiger partial charge in [-0.1, -0.05) is 13.8 Å². The van der Waals surface area contributed by atoms with Gasteiger partial charge in [0, 0.05) is 25.7 Å². The molecule has 1 saturated heterocycles. The Morgan fingerprint density at radius 3 is 2.74 bits per heavy atom. The monoisotopic (exact) mass is 272 g/mol. The van der Waals surface area contributed by atoms with E-state index in [1.54, 1.807) is 4.90 Å². The number of carbonyl (C=O) groups excluding carboxylic acids is 1. The van der Waals surface area contributed by atoms with Gasteiger partial charge < -0.3 is 20.1 Å². The Morgan fingerprint density at radius 2 is 2.16 bits per heavy atom. The molecule has 1 aliphatic heterocycles. The number of aliphatic carboxylic acids is 1. The number of nitrogens with zero attached hydrogens (tertiary/aromatic N) is 1. The lowest BCUT2D eigenvalue weighted by atomic mass is 10.0. The highest BCUT2D eigenvalue weighted by molar-refractivity contribution is 5.76. The number of carboxylic acids is 1. The quantitative estimate of drug-likeness (QED) is 0.808. The third-order valence-electron chi connectivity index (χ3n) is 3.25. The fraction of sp³-hybridized carbons (Fsp3) is 0.846. The number of hydrogen-bond donors (Lipinski definition) is 2. The van der Waals surface area contributed by atoms with E-state index >= 15 is 0 Å². The minimum atomic E-state index is -0.897. The average Bonchev–Trinajstić information content (AvgIpc) is 2.52. The Balaban J connectivity index is 2.57. The highest BCUT2D eigenvalue weighted by Gasteiger charge is 2.24. The normalized spacial score (nSPS) is 21.9. The lowest BCUT2D eigenvalue weighted by molar-refractivity contribution is -0.137. The van der Waals surface area contributed by atoms with Gasteiger partial charge in [-0.2, -0.15) is 0 Å². The molecular weight excluding hydrogens is 248 g/mol. The fourth-order valence-electron chi connectivity index (χ4n) is 2.07. The van der Waals surface area contributed by atoms with Crippen molar-refractivity contribution in [3.05, 3.63) is 0 Å². The van der Waals surface area contributed by atoms with Gasteiger partial charge in [0.05, 0.1) is 12.5 Å². The first kappa shape index (κ1) is 15.8. The van der Waals surface area contributed by atoms with E-state index in [2.05, 4.69) is 5.32 Å². The number of urea groups is 1. The molecule has 0 aliphatic carbocycles. The van der Waals surface area contributed by atoms with Crippen LogP contribution in [0.5, 0.6) is 0 Å². The van der Waals surface area contributed by atoms with Gasteiger partial charge >= 0.3 is 12.0 Å². The van der Waals surface area contributed by atoms with Crippen LogP contribution >= 0.6 is 0 Å². The summed E-state index contributed by atoms with van der Waals surface area (Å²) >= 11 is 0. The Hall–Kier alpha value is -1.30. The molecule has 0 aromatic rings. The van der Waals surface area contributed by atoms with Crippen molar-refractivity contribution in [2.45, 2.75) is 45.8 Å². The maximum absolute atomic E-state index is 12.2. The van der Waals surface area contributed by atoms with Crippen molar-refractivity contribution in [2.24, 2.45) is 5.92 Å². The largest absolute Gasteiger partial charge is 0.481 e. The summed E-state index contributed by atoms with van der Waals surface area (Å²) in [7, 11) is 0. The molecule has 1 heterocycles. The van der Waals surface area contributed by atoms with E-state index in [0.29, 0.717) is 19.7 Å². The lowest BCUT2D eigenvalue weighted by Gasteiger charge is -2.27. The van der Waals surface area contributed by atoms with Crippen LogP contribution < -0.4 is 5.32 Å². The molecule has 110 valence electrons. The summed E-state index contributed by atoms with van der Waals surface area (Å²) in [6, 6.07) is -0.540. The van der Waals surface area contributed by atoms with Gasteiger partial charge in [0.25, 0.3) is 0 Å². The van der Waals surface area contributed by atoms with Gasteiger partial charge in [-0.05, 0) is 19.3 Å². The van der Waals surface area contributed by atoms with Gasteiger partial charge in [-0.25, -0.2) is 4.79 Å². The minimum Gasteiger partial charge on any atom is -0.481 e. The molecule has 1 aliphatic rings. The van der Waals surface area contributed by atoms with E-state index in [-0.39, 0.29) is 30.5 Å². The number of ether oxygens (including phenoxy) is 1. The molecule has 0 spiro atoms. The van der Waals surface area contributed by atoms with Crippen molar-refractivity contribution in [3.8, 4) is 0 Å². The molecule has 0 aromatic carbocycles. The average molecular weight is 272 g/mol. The van der Waals surface area contributed by atoms with Gasteiger partial charge in [0.1, 0.15) is 0 Å². The first-order chi connectivity index (χ1) is 8.90. The number of hydrogen-bond acceptors (Lipinski definition) is 3. The highest BCUT2D eigenvalue weighted by atomic mass is 16.5. The van der Waals surface area contributed by atoms with Crippen LogP contribution in [-0.2, 0) is 9.53 Å². The van der Waals surface area contributed by atoms with E-state index in [0.717, 1.165) is 6.42 Å². The molecule has 19 heavy (non-hydrogen) atoms. The third-order valence-corrected chi connectivity index (χ3v) is 3.25. The molecule has 1 fully saturated rings. The zero-order valence-electron chi connectivity index (χ0n) is 11.9. The Labute approximate surface area is 114 Å². The Morgan fingerprint density at radius 1 is 1.47 bits per heavy atom. The van der Waals surface area contributed by atoms with E-state index in [9.17, 15) is 9.59 Å². The predicted octanol–water partition coefficient (Wildman–Crippen LogP) is 1.31. The molecule has 2 amide bonds. The summed E-state index contributed by atoms with van der Waals surface area (Å²) in [5, 5.41) is 11.7. The second-order valence-electron chi connectivity index (χ2n) is 5.38. The number of amides is 2. The van der Waals surface area contributed by atoms with Crippen molar-refractivity contribution in [2.75, 3.05) is 19.7 Å². The van der Waals surface area contributed by atoms with Crippen LogP contribution in [0.3, 0.4) is 0 Å². The van der Waals surface area contributed by atoms with Crippen LogP contribution in [0.4, 0.5) is 4.79 Å². The second-order valence-corrected chi connectivity index (χ2v) is 5.38. The first-order valence-corrected chi connectivity index (χ1v) is 6.79. The maximum atomic E-state index is 12.2. The van der Waals surface area contributed by atoms with Crippen LogP contribution in [0.15, 0.2) is 0 Å². The number of carbonyl (C=O) groups is 2. The van der Waals surface area contributed by atoms with Gasteiger partial charge in [0.15, 0.2) is 0 Å². The van der Waals surface area contributed by atoms with Crippen LogP contribution in [0.2, 0.25) is 0 Å². The van der Waals surface area contributed by atoms with Crippen LogP contribution in [0.25, 0.3) is 0 Å². The lowest BCUT2D eigenvalue weighted by Crippen LogP contribution is -2.49. The molecular formula is C13H24N2O4. The van der Waals surface area contributed by atoms with Crippen molar-refractivity contribution in [3.63, 3.8) is 0 Å². The standard InChI is InChI=1S/C13H24N2O4/c1-9(2)11(7-12(16)17)14-13(18)15-5-4-6-19-10(3)8-15/h9-11H,4-8H2,1-3H3,(H,14,18)(H,16,17). The maximum Gasteiger partial charge on any atom is 0.317 e. The Bertz CT molecular complexity index is 320. The summed E-state index contributed by atoms with van der Waals surface area (Å²) in [5.74, 6) is -0.813. The summed E-state index contributed by atoms with van der Waals surface area (Å²) in [5.41, 5.74) is 0. The Kier molecular flexibility index (Phi) is 6.08. The molecule has 0 bridgehead atoms. The smallest absolute Gasteiger partial charge is 0.317 e. The van der Waals surface area contributed by atoms with Gasteiger partial charge in [-0.3, -0.25) is 4.79 Å². The number of nitrogens with one attached hydrogen (secondary N) is 1. The molecule has 6 nitrogen and oxygen atoms in total. The molecule has 2 unspecified atom stereocenters. The van der Waals surface area contributed by atoms with Crippen molar-refractivity contribution < 1.29 is 19.4 Å². The second kappa shape index (κ2) is 7.33. The van der Waals surface area contributed by atoms with E-state index in [1.807, 2.05) is 20.8 Å². The fourth-order valence-corrected chi connectivity index (χ4v) is 2.07. The molecule has 0 aromatic heterocycles. The summed E-state index contributed by atoms with van der Waals surface area (Å²) in [6.07, 6.45) is 0.775. The summed E-state index contributed by atoms with van der Waals surface area (Å²) in [6.45, 7) is 7.60. The first-order valence-electron chi connectivity index (χ1n) is 6.79. The topological polar surface area (TPSA) is 78.9 Å². The molecule has 0 radical (unpaired) electrons. The number of rotatable bonds is 4. The minimum absolute atomic E-state index is 0.0187. The zero-order valence-corrected chi connectivity index (χ0v) is 11.9. The molecule has 2 N–H and O–H groups in total. The molecule has 1 rings (SSSR count). The van der Waals surface area contributed by atoms with E-state index in [4.69, 9.17) is 9.84 Å². The van der Waals surface area contributed by atoms with Gasteiger partial charge in [0.2, 0.25) is 0 Å². The number of carboxylic acid groups (broad SMARTS) is 1. The summed E-state index contributed by atoms with van der Waals surface area (Å²) in [4.78, 5) is 24.7. The zero-order chi connectivity index (χ0) is 14.4. The predicted molar refractivity (Wildman–Crippen MR) is 71.0 cm³/mol.